The highest BCUT2D eigenvalue weighted by molar-refractivity contribution is 5.46. The van der Waals surface area contributed by atoms with Gasteiger partial charge in [-0.2, -0.15) is 0 Å². The summed E-state index contributed by atoms with van der Waals surface area (Å²) >= 11 is 0. The number of pyridine rings is 1. The molecule has 1 rings (SSSR count). The molecule has 0 saturated carbocycles. The maximum atomic E-state index is 9.40. The second kappa shape index (κ2) is 8.09. The summed E-state index contributed by atoms with van der Waals surface area (Å²) in [5, 5.41) is 12.7. The van der Waals surface area contributed by atoms with Gasteiger partial charge in [-0.1, -0.05) is 0 Å². The first-order chi connectivity index (χ1) is 9.04. The van der Waals surface area contributed by atoms with E-state index < -0.39 is 0 Å². The van der Waals surface area contributed by atoms with Crippen LogP contribution >= 0.6 is 0 Å². The molecule has 0 spiro atoms. The number of aliphatic hydroxyl groups excluding tert-OH is 1. The summed E-state index contributed by atoms with van der Waals surface area (Å²) in [6.07, 6.45) is 1.52. The summed E-state index contributed by atoms with van der Waals surface area (Å²) in [6.45, 7) is 6.73. The van der Waals surface area contributed by atoms with Gasteiger partial charge in [-0.3, -0.25) is 0 Å². The van der Waals surface area contributed by atoms with Crippen LogP contribution in [0, 0.1) is 6.92 Å². The van der Waals surface area contributed by atoms with E-state index in [0.717, 1.165) is 30.0 Å². The first kappa shape index (κ1) is 15.9. The van der Waals surface area contributed by atoms with Crippen LogP contribution in [0.2, 0.25) is 0 Å². The molecule has 5 nitrogen and oxygen atoms in total. The normalized spacial score (nSPS) is 12.5. The molecular formula is C14H25N3O2. The van der Waals surface area contributed by atoms with Crippen LogP contribution in [-0.2, 0) is 11.3 Å². The average Bonchev–Trinajstić information content (AvgIpc) is 2.33. The number of hydrogen-bond donors (Lipinski definition) is 2. The van der Waals surface area contributed by atoms with Crippen molar-refractivity contribution in [1.29, 1.82) is 0 Å². The van der Waals surface area contributed by atoms with Gasteiger partial charge in [0.15, 0.2) is 0 Å². The monoisotopic (exact) mass is 267 g/mol. The average molecular weight is 267 g/mol. The smallest absolute Gasteiger partial charge is 0.131 e. The molecule has 108 valence electrons. The Bertz CT molecular complexity index is 383. The van der Waals surface area contributed by atoms with E-state index in [9.17, 15) is 5.11 Å². The van der Waals surface area contributed by atoms with Gasteiger partial charge >= 0.3 is 0 Å². The van der Waals surface area contributed by atoms with Crippen molar-refractivity contribution in [2.24, 2.45) is 0 Å². The van der Waals surface area contributed by atoms with E-state index in [1.54, 1.807) is 14.0 Å². The first-order valence-corrected chi connectivity index (χ1v) is 6.59. The van der Waals surface area contributed by atoms with Crippen molar-refractivity contribution in [2.45, 2.75) is 26.5 Å². The fraction of sp³-hybridized carbons (Fsp3) is 0.643. The number of aryl methyl sites for hydroxylation is 1. The molecule has 1 unspecified atom stereocenters. The fourth-order valence-corrected chi connectivity index (χ4v) is 2.01. The van der Waals surface area contributed by atoms with Crippen molar-refractivity contribution >= 4 is 5.82 Å². The lowest BCUT2D eigenvalue weighted by Crippen LogP contribution is -2.28. The molecule has 0 aliphatic rings. The zero-order valence-electron chi connectivity index (χ0n) is 12.3. The number of hydrogen-bond acceptors (Lipinski definition) is 5. The zero-order valence-corrected chi connectivity index (χ0v) is 12.3. The van der Waals surface area contributed by atoms with Crippen molar-refractivity contribution in [3.05, 3.63) is 23.4 Å². The number of aromatic nitrogens is 1. The molecule has 0 aliphatic heterocycles. The van der Waals surface area contributed by atoms with Crippen LogP contribution in [-0.4, -0.2) is 50.0 Å². The number of methoxy groups -OCH3 is 1. The molecule has 1 aromatic heterocycles. The van der Waals surface area contributed by atoms with Gasteiger partial charge in [-0.05, 0) is 31.0 Å². The van der Waals surface area contributed by atoms with E-state index in [4.69, 9.17) is 4.74 Å². The molecule has 2 N–H and O–H groups in total. The van der Waals surface area contributed by atoms with Crippen LogP contribution in [0.5, 0.6) is 0 Å². The molecule has 0 saturated heterocycles. The third kappa shape index (κ3) is 5.55. The van der Waals surface area contributed by atoms with Crippen molar-refractivity contribution in [1.82, 2.24) is 10.3 Å². The molecule has 0 fully saturated rings. The topological polar surface area (TPSA) is 57.6 Å². The predicted molar refractivity (Wildman–Crippen MR) is 77.5 cm³/mol. The molecule has 1 aromatic rings. The molecule has 0 aliphatic carbocycles. The van der Waals surface area contributed by atoms with Crippen molar-refractivity contribution in [3.63, 3.8) is 0 Å². The maximum Gasteiger partial charge on any atom is 0.131 e. The molecule has 0 radical (unpaired) electrons. The standard InChI is InChI=1S/C14H25N3O2/c1-11-7-13(8-15-5-6-19-4)9-16-14(11)17(3)10-12(2)18/h7,9,12,15,18H,5-6,8,10H2,1-4H3. The lowest BCUT2D eigenvalue weighted by Gasteiger charge is -2.22. The zero-order chi connectivity index (χ0) is 14.3. The summed E-state index contributed by atoms with van der Waals surface area (Å²) in [4.78, 5) is 6.45. The van der Waals surface area contributed by atoms with Gasteiger partial charge in [-0.25, -0.2) is 4.98 Å². The minimum Gasteiger partial charge on any atom is -0.392 e. The lowest BCUT2D eigenvalue weighted by molar-refractivity contribution is 0.199. The molecule has 1 heterocycles. The van der Waals surface area contributed by atoms with Gasteiger partial charge in [0.2, 0.25) is 0 Å². The van der Waals surface area contributed by atoms with E-state index in [1.165, 1.54) is 0 Å². The minimum atomic E-state index is -0.360. The van der Waals surface area contributed by atoms with Crippen LogP contribution in [0.25, 0.3) is 0 Å². The number of likely N-dealkylation sites (N-methyl/N-ethyl adjacent to an activating group) is 1. The highest BCUT2D eigenvalue weighted by Gasteiger charge is 2.09. The van der Waals surface area contributed by atoms with Crippen molar-refractivity contribution in [3.8, 4) is 0 Å². The fourth-order valence-electron chi connectivity index (χ4n) is 2.01. The van der Waals surface area contributed by atoms with Crippen LogP contribution in [0.15, 0.2) is 12.3 Å². The van der Waals surface area contributed by atoms with Gasteiger partial charge in [0.1, 0.15) is 5.82 Å². The largest absolute Gasteiger partial charge is 0.392 e. The molecule has 1 atom stereocenters. The van der Waals surface area contributed by atoms with Gasteiger partial charge in [0.05, 0.1) is 12.7 Å². The van der Waals surface area contributed by atoms with Crippen LogP contribution in [0.3, 0.4) is 0 Å². The SMILES string of the molecule is COCCNCc1cnc(N(C)CC(C)O)c(C)c1. The lowest BCUT2D eigenvalue weighted by atomic mass is 10.2. The molecule has 0 aromatic carbocycles. The third-order valence-corrected chi connectivity index (χ3v) is 2.82. The summed E-state index contributed by atoms with van der Waals surface area (Å²) < 4.78 is 4.98. The van der Waals surface area contributed by atoms with Crippen molar-refractivity contribution < 1.29 is 9.84 Å². The highest BCUT2D eigenvalue weighted by atomic mass is 16.5. The second-order valence-corrected chi connectivity index (χ2v) is 4.88. The number of ether oxygens (including phenoxy) is 1. The summed E-state index contributed by atoms with van der Waals surface area (Å²) in [5.41, 5.74) is 2.27. The van der Waals surface area contributed by atoms with Crippen LogP contribution < -0.4 is 10.2 Å². The Balaban J connectivity index is 2.58. The highest BCUT2D eigenvalue weighted by Crippen LogP contribution is 2.16. The number of nitrogens with zero attached hydrogens (tertiary/aromatic N) is 2. The Hall–Kier alpha value is -1.17. The second-order valence-electron chi connectivity index (χ2n) is 4.88. The van der Waals surface area contributed by atoms with Gasteiger partial charge in [0, 0.05) is 40.0 Å². The van der Waals surface area contributed by atoms with Gasteiger partial charge < -0.3 is 20.1 Å². The number of rotatable bonds is 8. The number of anilines is 1. The Labute approximate surface area is 115 Å². The van der Waals surface area contributed by atoms with E-state index >= 15 is 0 Å². The molecule has 5 heteroatoms. The van der Waals surface area contributed by atoms with Gasteiger partial charge in [0.25, 0.3) is 0 Å². The number of nitrogens with one attached hydrogen (secondary N) is 1. The summed E-state index contributed by atoms with van der Waals surface area (Å²) in [6, 6.07) is 2.13. The Morgan fingerprint density at radius 3 is 2.84 bits per heavy atom. The Morgan fingerprint density at radius 1 is 1.53 bits per heavy atom. The van der Waals surface area contributed by atoms with E-state index in [0.29, 0.717) is 13.2 Å². The van der Waals surface area contributed by atoms with E-state index in [-0.39, 0.29) is 6.10 Å². The molecule has 19 heavy (non-hydrogen) atoms. The van der Waals surface area contributed by atoms with E-state index in [2.05, 4.69) is 16.4 Å². The number of aliphatic hydroxyl groups is 1. The molecular weight excluding hydrogens is 242 g/mol. The summed E-state index contributed by atoms with van der Waals surface area (Å²) in [7, 11) is 3.64. The van der Waals surface area contributed by atoms with Gasteiger partial charge in [-0.15, -0.1) is 0 Å². The predicted octanol–water partition coefficient (Wildman–Crippen LogP) is 0.943. The maximum absolute atomic E-state index is 9.40. The van der Waals surface area contributed by atoms with E-state index in [1.807, 2.05) is 25.1 Å². The molecule has 0 amide bonds. The third-order valence-electron chi connectivity index (χ3n) is 2.82. The Kier molecular flexibility index (Phi) is 6.77. The summed E-state index contributed by atoms with van der Waals surface area (Å²) in [5.74, 6) is 0.918. The molecule has 0 bridgehead atoms. The quantitative estimate of drug-likeness (QED) is 0.687. The van der Waals surface area contributed by atoms with Crippen molar-refractivity contribution in [2.75, 3.05) is 38.8 Å². The van der Waals surface area contributed by atoms with Crippen LogP contribution in [0.4, 0.5) is 5.82 Å². The first-order valence-electron chi connectivity index (χ1n) is 6.59. The minimum absolute atomic E-state index is 0.360. The van der Waals surface area contributed by atoms with Crippen LogP contribution in [0.1, 0.15) is 18.1 Å². The Morgan fingerprint density at radius 2 is 2.26 bits per heavy atom.